The number of alkyl halides is 2. The van der Waals surface area contributed by atoms with Crippen LogP contribution in [0.2, 0.25) is 0 Å². The number of aromatic nitrogens is 2. The van der Waals surface area contributed by atoms with Gasteiger partial charge in [-0.15, -0.1) is 0 Å². The lowest BCUT2D eigenvalue weighted by molar-refractivity contribution is -0.00285. The Morgan fingerprint density at radius 2 is 2.20 bits per heavy atom. The summed E-state index contributed by atoms with van der Waals surface area (Å²) in [6.45, 7) is 3.95. The molecule has 0 spiro atoms. The number of hydrogen-bond acceptors (Lipinski definition) is 2. The average Bonchev–Trinajstić information content (AvgIpc) is 2.65. The van der Waals surface area contributed by atoms with Crippen LogP contribution in [0.5, 0.6) is 0 Å². The maximum atomic E-state index is 13.6. The quantitative estimate of drug-likeness (QED) is 0.819. The van der Waals surface area contributed by atoms with Crippen molar-refractivity contribution in [2.24, 2.45) is 5.73 Å². The Labute approximate surface area is 87.3 Å². The highest BCUT2D eigenvalue weighted by Crippen LogP contribution is 2.43. The molecule has 0 fully saturated rings. The summed E-state index contributed by atoms with van der Waals surface area (Å²) in [7, 11) is 0. The van der Waals surface area contributed by atoms with Crippen LogP contribution in [0.15, 0.2) is 0 Å². The van der Waals surface area contributed by atoms with E-state index in [1.54, 1.807) is 4.68 Å². The Kier molecular flexibility index (Phi) is 2.30. The van der Waals surface area contributed by atoms with Gasteiger partial charge >= 0.3 is 0 Å². The molecule has 1 aliphatic rings. The predicted molar refractivity (Wildman–Crippen MR) is 52.7 cm³/mol. The van der Waals surface area contributed by atoms with Crippen LogP contribution in [-0.2, 0) is 18.9 Å². The van der Waals surface area contributed by atoms with Crippen LogP contribution >= 0.6 is 0 Å². The van der Waals surface area contributed by atoms with Crippen molar-refractivity contribution in [3.8, 4) is 0 Å². The zero-order valence-electron chi connectivity index (χ0n) is 8.93. The Morgan fingerprint density at radius 1 is 1.53 bits per heavy atom. The highest BCUT2D eigenvalue weighted by atomic mass is 19.3. The smallest absolute Gasteiger partial charge is 0.277 e. The number of rotatable bonds is 2. The van der Waals surface area contributed by atoms with Crippen LogP contribution in [-0.4, -0.2) is 9.78 Å². The minimum absolute atomic E-state index is 0.0810. The third kappa shape index (κ3) is 1.45. The standard InChI is InChI=1S/C10H15F2N3/c1-6(2)15-8-3-4-10(11,12)9(8)7(5-13)14-15/h6H,3-5,13H2,1-2H3. The number of nitrogens with two attached hydrogens (primary N) is 1. The molecule has 0 bridgehead atoms. The first-order chi connectivity index (χ1) is 6.97. The lowest BCUT2D eigenvalue weighted by atomic mass is 10.1. The van der Waals surface area contributed by atoms with Crippen LogP contribution in [0, 0.1) is 0 Å². The molecule has 0 aromatic carbocycles. The van der Waals surface area contributed by atoms with Crippen molar-refractivity contribution in [3.63, 3.8) is 0 Å². The summed E-state index contributed by atoms with van der Waals surface area (Å²) in [5.74, 6) is -2.74. The summed E-state index contributed by atoms with van der Waals surface area (Å²) in [5, 5.41) is 4.16. The molecule has 0 amide bonds. The minimum Gasteiger partial charge on any atom is -0.325 e. The van der Waals surface area contributed by atoms with E-state index >= 15 is 0 Å². The fourth-order valence-electron chi connectivity index (χ4n) is 2.15. The van der Waals surface area contributed by atoms with Gasteiger partial charge in [0.05, 0.1) is 11.3 Å². The summed E-state index contributed by atoms with van der Waals surface area (Å²) in [6.07, 6.45) is 0.285. The largest absolute Gasteiger partial charge is 0.325 e. The number of fused-ring (bicyclic) bond motifs is 1. The SMILES string of the molecule is CC(C)n1nc(CN)c2c1CCC2(F)F. The van der Waals surface area contributed by atoms with Crippen LogP contribution in [0.3, 0.4) is 0 Å². The molecule has 3 nitrogen and oxygen atoms in total. The number of halogens is 2. The maximum Gasteiger partial charge on any atom is 0.277 e. The highest BCUT2D eigenvalue weighted by Gasteiger charge is 2.44. The van der Waals surface area contributed by atoms with Gasteiger partial charge in [-0.2, -0.15) is 5.10 Å². The van der Waals surface area contributed by atoms with Gasteiger partial charge in [0.2, 0.25) is 0 Å². The molecular formula is C10H15F2N3. The second-order valence-corrected chi connectivity index (χ2v) is 4.22. The molecule has 0 unspecified atom stereocenters. The molecule has 1 aromatic heterocycles. The molecule has 1 heterocycles. The molecule has 1 aliphatic carbocycles. The third-order valence-electron chi connectivity index (χ3n) is 2.81. The van der Waals surface area contributed by atoms with Crippen LogP contribution < -0.4 is 5.73 Å². The van der Waals surface area contributed by atoms with E-state index in [-0.39, 0.29) is 24.6 Å². The molecule has 5 heteroatoms. The van der Waals surface area contributed by atoms with Crippen molar-refractivity contribution in [1.82, 2.24) is 9.78 Å². The van der Waals surface area contributed by atoms with Crippen molar-refractivity contribution in [1.29, 1.82) is 0 Å². The van der Waals surface area contributed by atoms with Crippen LogP contribution in [0.1, 0.15) is 43.3 Å². The zero-order valence-corrected chi connectivity index (χ0v) is 8.93. The summed E-state index contributed by atoms with van der Waals surface area (Å²) < 4.78 is 28.8. The third-order valence-corrected chi connectivity index (χ3v) is 2.81. The summed E-state index contributed by atoms with van der Waals surface area (Å²) >= 11 is 0. The normalized spacial score (nSPS) is 18.5. The first-order valence-corrected chi connectivity index (χ1v) is 5.16. The van der Waals surface area contributed by atoms with Gasteiger partial charge < -0.3 is 5.73 Å². The van der Waals surface area contributed by atoms with Gasteiger partial charge in [0, 0.05) is 24.7 Å². The van der Waals surface area contributed by atoms with Crippen LogP contribution in [0.25, 0.3) is 0 Å². The van der Waals surface area contributed by atoms with Gasteiger partial charge in [-0.3, -0.25) is 4.68 Å². The van der Waals surface area contributed by atoms with E-state index in [1.165, 1.54) is 0 Å². The van der Waals surface area contributed by atoms with E-state index in [0.717, 1.165) is 0 Å². The number of nitrogens with zero attached hydrogens (tertiary/aromatic N) is 2. The topological polar surface area (TPSA) is 43.8 Å². The zero-order chi connectivity index (χ0) is 11.2. The van der Waals surface area contributed by atoms with E-state index in [1.807, 2.05) is 13.8 Å². The van der Waals surface area contributed by atoms with Gasteiger partial charge in [0.1, 0.15) is 0 Å². The summed E-state index contributed by atoms with van der Waals surface area (Å²) in [4.78, 5) is 0. The Hall–Kier alpha value is -0.970. The van der Waals surface area contributed by atoms with Crippen LogP contribution in [0.4, 0.5) is 8.78 Å². The van der Waals surface area contributed by atoms with E-state index in [2.05, 4.69) is 5.10 Å². The Morgan fingerprint density at radius 3 is 2.73 bits per heavy atom. The Balaban J connectivity index is 2.58. The van der Waals surface area contributed by atoms with Crippen molar-refractivity contribution >= 4 is 0 Å². The molecule has 2 N–H and O–H groups in total. The van der Waals surface area contributed by atoms with Gasteiger partial charge in [-0.25, -0.2) is 8.78 Å². The van der Waals surface area contributed by atoms with E-state index < -0.39 is 5.92 Å². The second kappa shape index (κ2) is 3.27. The lowest BCUT2D eigenvalue weighted by Gasteiger charge is -2.08. The van der Waals surface area contributed by atoms with Gasteiger partial charge in [-0.1, -0.05) is 0 Å². The molecule has 0 saturated carbocycles. The maximum absolute atomic E-state index is 13.6. The fourth-order valence-corrected chi connectivity index (χ4v) is 2.15. The van der Waals surface area contributed by atoms with Crippen molar-refractivity contribution < 1.29 is 8.78 Å². The molecule has 15 heavy (non-hydrogen) atoms. The summed E-state index contributed by atoms with van der Waals surface area (Å²) in [6, 6.07) is 0.105. The first-order valence-electron chi connectivity index (χ1n) is 5.16. The first kappa shape index (κ1) is 10.5. The molecule has 2 rings (SSSR count). The van der Waals surface area contributed by atoms with Crippen molar-refractivity contribution in [3.05, 3.63) is 17.0 Å². The molecule has 0 aliphatic heterocycles. The average molecular weight is 215 g/mol. The fraction of sp³-hybridized carbons (Fsp3) is 0.700. The molecule has 0 radical (unpaired) electrons. The van der Waals surface area contributed by atoms with Gasteiger partial charge in [0.25, 0.3) is 5.92 Å². The monoisotopic (exact) mass is 215 g/mol. The molecule has 1 aromatic rings. The second-order valence-electron chi connectivity index (χ2n) is 4.22. The van der Waals surface area contributed by atoms with E-state index in [9.17, 15) is 8.78 Å². The highest BCUT2D eigenvalue weighted by molar-refractivity contribution is 5.35. The van der Waals surface area contributed by atoms with E-state index in [0.29, 0.717) is 17.8 Å². The molecule has 0 saturated heterocycles. The molecule has 0 atom stereocenters. The minimum atomic E-state index is -2.74. The van der Waals surface area contributed by atoms with Crippen molar-refractivity contribution in [2.45, 2.75) is 45.2 Å². The molecular weight excluding hydrogens is 200 g/mol. The predicted octanol–water partition coefficient (Wildman–Crippen LogP) is 1.96. The van der Waals surface area contributed by atoms with E-state index in [4.69, 9.17) is 5.73 Å². The molecule has 84 valence electrons. The summed E-state index contributed by atoms with van der Waals surface area (Å²) in [5.41, 5.74) is 6.54. The van der Waals surface area contributed by atoms with Gasteiger partial charge in [0.15, 0.2) is 0 Å². The van der Waals surface area contributed by atoms with Crippen molar-refractivity contribution in [2.75, 3.05) is 0 Å². The Bertz CT molecular complexity index is 382. The lowest BCUT2D eigenvalue weighted by Crippen LogP contribution is -2.12. The van der Waals surface area contributed by atoms with Gasteiger partial charge in [-0.05, 0) is 20.3 Å². The number of hydrogen-bond donors (Lipinski definition) is 1.